The number of aryl methyl sites for hydroxylation is 1. The first-order valence-electron chi connectivity index (χ1n) is 5.27. The van der Waals surface area contributed by atoms with Gasteiger partial charge in [-0.25, -0.2) is 4.98 Å². The van der Waals surface area contributed by atoms with Crippen LogP contribution in [0.15, 0.2) is 42.5 Å². The van der Waals surface area contributed by atoms with E-state index in [0.29, 0.717) is 6.54 Å². The van der Waals surface area contributed by atoms with Crippen LogP contribution in [-0.2, 0) is 6.54 Å². The Bertz CT molecular complexity index is 480. The number of nitrogens with one attached hydrogen (secondary N) is 1. The van der Waals surface area contributed by atoms with Gasteiger partial charge in [0.2, 0.25) is 0 Å². The summed E-state index contributed by atoms with van der Waals surface area (Å²) in [4.78, 5) is 4.38. The predicted octanol–water partition coefficient (Wildman–Crippen LogP) is 2.59. The number of rotatable bonds is 3. The molecule has 0 saturated heterocycles. The highest BCUT2D eigenvalue weighted by atomic mass is 15.0. The highest BCUT2D eigenvalue weighted by molar-refractivity contribution is 5.56. The first-order valence-corrected chi connectivity index (χ1v) is 5.27. The average molecular weight is 213 g/mol. The average Bonchev–Trinajstić information content (AvgIpc) is 2.29. The molecule has 1 aromatic carbocycles. The summed E-state index contributed by atoms with van der Waals surface area (Å²) in [7, 11) is 0. The van der Waals surface area contributed by atoms with Crippen molar-refractivity contribution in [3.05, 3.63) is 53.7 Å². The van der Waals surface area contributed by atoms with Gasteiger partial charge < -0.3 is 11.1 Å². The molecule has 0 saturated carbocycles. The summed E-state index contributed by atoms with van der Waals surface area (Å²) >= 11 is 0. The Hall–Kier alpha value is -1.87. The molecule has 2 rings (SSSR count). The van der Waals surface area contributed by atoms with Gasteiger partial charge in [-0.15, -0.1) is 0 Å². The molecule has 0 atom stereocenters. The van der Waals surface area contributed by atoms with E-state index in [-0.39, 0.29) is 0 Å². The van der Waals surface area contributed by atoms with E-state index >= 15 is 0 Å². The summed E-state index contributed by atoms with van der Waals surface area (Å²) in [6.45, 7) is 2.53. The monoisotopic (exact) mass is 213 g/mol. The summed E-state index contributed by atoms with van der Waals surface area (Å²) in [5.41, 5.74) is 8.72. The Morgan fingerprint density at radius 3 is 2.75 bits per heavy atom. The summed E-state index contributed by atoms with van der Waals surface area (Å²) in [5, 5.41) is 3.25. The molecule has 0 unspecified atom stereocenters. The van der Waals surface area contributed by atoms with Crippen molar-refractivity contribution in [2.45, 2.75) is 13.5 Å². The number of hydrogen-bond donors (Lipinski definition) is 2. The van der Waals surface area contributed by atoms with Crippen LogP contribution in [0.3, 0.4) is 0 Å². The fraction of sp³-hybridized carbons (Fsp3) is 0.154. The normalized spacial score (nSPS) is 10.1. The van der Waals surface area contributed by atoms with Gasteiger partial charge in [-0.05, 0) is 36.8 Å². The minimum atomic E-state index is 0.552. The van der Waals surface area contributed by atoms with E-state index in [1.807, 2.05) is 49.4 Å². The summed E-state index contributed by atoms with van der Waals surface area (Å²) in [6, 6.07) is 13.9. The maximum Gasteiger partial charge on any atom is 0.130 e. The molecule has 82 valence electrons. The maximum atomic E-state index is 5.59. The molecule has 0 radical (unpaired) electrons. The molecular formula is C13H15N3. The second-order valence-electron chi connectivity index (χ2n) is 3.69. The molecule has 0 spiro atoms. The molecule has 2 aromatic rings. The van der Waals surface area contributed by atoms with Crippen LogP contribution < -0.4 is 11.1 Å². The standard InChI is InChI=1S/C13H15N3/c1-10-4-2-7-13(15-10)16-12-6-3-5-11(8-12)9-14/h2-8H,9,14H2,1H3,(H,15,16). The fourth-order valence-electron chi connectivity index (χ4n) is 1.54. The van der Waals surface area contributed by atoms with Crippen LogP contribution in [0.5, 0.6) is 0 Å². The molecule has 3 N–H and O–H groups in total. The predicted molar refractivity (Wildman–Crippen MR) is 66.6 cm³/mol. The first-order chi connectivity index (χ1) is 7.78. The van der Waals surface area contributed by atoms with E-state index in [2.05, 4.69) is 10.3 Å². The Balaban J connectivity index is 2.20. The molecule has 0 fully saturated rings. The Kier molecular flexibility index (Phi) is 3.17. The molecule has 0 amide bonds. The summed E-state index contributed by atoms with van der Waals surface area (Å²) < 4.78 is 0. The van der Waals surface area contributed by atoms with Crippen molar-refractivity contribution < 1.29 is 0 Å². The Morgan fingerprint density at radius 2 is 2.00 bits per heavy atom. The maximum absolute atomic E-state index is 5.59. The molecular weight excluding hydrogens is 198 g/mol. The van der Waals surface area contributed by atoms with Crippen LogP contribution in [-0.4, -0.2) is 4.98 Å². The van der Waals surface area contributed by atoms with Crippen molar-refractivity contribution in [3.63, 3.8) is 0 Å². The fourth-order valence-corrected chi connectivity index (χ4v) is 1.54. The first kappa shape index (κ1) is 10.6. The molecule has 3 heteroatoms. The third-order valence-corrected chi connectivity index (χ3v) is 2.32. The third-order valence-electron chi connectivity index (χ3n) is 2.32. The SMILES string of the molecule is Cc1cccc(Nc2cccc(CN)c2)n1. The van der Waals surface area contributed by atoms with E-state index in [4.69, 9.17) is 5.73 Å². The van der Waals surface area contributed by atoms with Crippen LogP contribution in [0.4, 0.5) is 11.5 Å². The lowest BCUT2D eigenvalue weighted by Gasteiger charge is -2.07. The number of nitrogens with two attached hydrogens (primary N) is 1. The molecule has 16 heavy (non-hydrogen) atoms. The van der Waals surface area contributed by atoms with Gasteiger partial charge in [0.25, 0.3) is 0 Å². The number of nitrogens with zero attached hydrogens (tertiary/aromatic N) is 1. The molecule has 0 bridgehead atoms. The quantitative estimate of drug-likeness (QED) is 0.824. The zero-order chi connectivity index (χ0) is 11.4. The highest BCUT2D eigenvalue weighted by Gasteiger charge is 1.97. The molecule has 0 aliphatic carbocycles. The van der Waals surface area contributed by atoms with Gasteiger partial charge in [0.1, 0.15) is 5.82 Å². The van der Waals surface area contributed by atoms with E-state index in [0.717, 1.165) is 22.8 Å². The Labute approximate surface area is 95.3 Å². The van der Waals surface area contributed by atoms with Crippen LogP contribution in [0.2, 0.25) is 0 Å². The van der Waals surface area contributed by atoms with Crippen molar-refractivity contribution in [1.29, 1.82) is 0 Å². The van der Waals surface area contributed by atoms with Crippen molar-refractivity contribution >= 4 is 11.5 Å². The van der Waals surface area contributed by atoms with Crippen LogP contribution in [0, 0.1) is 6.92 Å². The van der Waals surface area contributed by atoms with Gasteiger partial charge in [0.15, 0.2) is 0 Å². The second-order valence-corrected chi connectivity index (χ2v) is 3.69. The smallest absolute Gasteiger partial charge is 0.130 e. The zero-order valence-electron chi connectivity index (χ0n) is 9.27. The lowest BCUT2D eigenvalue weighted by molar-refractivity contribution is 1.07. The molecule has 0 aliphatic rings. The molecule has 1 aromatic heterocycles. The van der Waals surface area contributed by atoms with Gasteiger partial charge in [0.05, 0.1) is 0 Å². The summed E-state index contributed by atoms with van der Waals surface area (Å²) in [6.07, 6.45) is 0. The van der Waals surface area contributed by atoms with Crippen LogP contribution in [0.25, 0.3) is 0 Å². The van der Waals surface area contributed by atoms with Crippen molar-refractivity contribution in [1.82, 2.24) is 4.98 Å². The van der Waals surface area contributed by atoms with Gasteiger partial charge in [-0.2, -0.15) is 0 Å². The van der Waals surface area contributed by atoms with Crippen molar-refractivity contribution in [2.75, 3.05) is 5.32 Å². The highest BCUT2D eigenvalue weighted by Crippen LogP contribution is 2.15. The lowest BCUT2D eigenvalue weighted by Crippen LogP contribution is -1.98. The van der Waals surface area contributed by atoms with Crippen molar-refractivity contribution in [2.24, 2.45) is 5.73 Å². The van der Waals surface area contributed by atoms with E-state index in [1.54, 1.807) is 0 Å². The van der Waals surface area contributed by atoms with Crippen molar-refractivity contribution in [3.8, 4) is 0 Å². The van der Waals surface area contributed by atoms with E-state index in [1.165, 1.54) is 0 Å². The number of anilines is 2. The number of aromatic nitrogens is 1. The zero-order valence-corrected chi connectivity index (χ0v) is 9.27. The number of pyridine rings is 1. The van der Waals surface area contributed by atoms with Crippen LogP contribution >= 0.6 is 0 Å². The second kappa shape index (κ2) is 4.77. The lowest BCUT2D eigenvalue weighted by atomic mass is 10.2. The number of hydrogen-bond acceptors (Lipinski definition) is 3. The molecule has 3 nitrogen and oxygen atoms in total. The number of benzene rings is 1. The van der Waals surface area contributed by atoms with Gasteiger partial charge in [0, 0.05) is 17.9 Å². The third kappa shape index (κ3) is 2.58. The molecule has 0 aliphatic heterocycles. The Morgan fingerprint density at radius 1 is 1.19 bits per heavy atom. The largest absolute Gasteiger partial charge is 0.340 e. The van der Waals surface area contributed by atoms with Gasteiger partial charge >= 0.3 is 0 Å². The van der Waals surface area contributed by atoms with Crippen LogP contribution in [0.1, 0.15) is 11.3 Å². The van der Waals surface area contributed by atoms with Gasteiger partial charge in [-0.3, -0.25) is 0 Å². The van der Waals surface area contributed by atoms with E-state index < -0.39 is 0 Å². The molecule has 1 heterocycles. The topological polar surface area (TPSA) is 50.9 Å². The van der Waals surface area contributed by atoms with Gasteiger partial charge in [-0.1, -0.05) is 18.2 Å². The minimum absolute atomic E-state index is 0.552. The van der Waals surface area contributed by atoms with E-state index in [9.17, 15) is 0 Å². The summed E-state index contributed by atoms with van der Waals surface area (Å²) in [5.74, 6) is 0.856. The minimum Gasteiger partial charge on any atom is -0.340 e.